The maximum atomic E-state index is 13.1. The Morgan fingerprint density at radius 2 is 1.50 bits per heavy atom. The van der Waals surface area contributed by atoms with E-state index >= 15 is 0 Å². The number of nitrogens with zero attached hydrogens (tertiary/aromatic N) is 2. The van der Waals surface area contributed by atoms with Gasteiger partial charge >= 0.3 is 18.3 Å². The Labute approximate surface area is 215 Å². The van der Waals surface area contributed by atoms with E-state index in [1.54, 1.807) is 30.3 Å². The highest BCUT2D eigenvalue weighted by atomic mass is 19.4. The van der Waals surface area contributed by atoms with Crippen molar-refractivity contribution in [1.29, 1.82) is 0 Å². The molecule has 2 aromatic carbocycles. The van der Waals surface area contributed by atoms with Gasteiger partial charge in [-0.2, -0.15) is 26.3 Å². The molecule has 38 heavy (non-hydrogen) atoms. The molecule has 2 aromatic rings. The van der Waals surface area contributed by atoms with E-state index < -0.39 is 23.9 Å². The maximum absolute atomic E-state index is 13.1. The van der Waals surface area contributed by atoms with E-state index in [1.165, 1.54) is 25.0 Å². The molecule has 0 aromatic heterocycles. The van der Waals surface area contributed by atoms with Gasteiger partial charge in [0, 0.05) is 30.3 Å². The van der Waals surface area contributed by atoms with Crippen LogP contribution in [-0.4, -0.2) is 65.2 Å². The van der Waals surface area contributed by atoms with Gasteiger partial charge in [0.15, 0.2) is 0 Å². The standard InChI is InChI=1S/C24H27F3N2O2.C2HF3O2/c25-24(26,27)22-8-2-1-6-19(22)17-31-21-11-9-18(10-12-21)23(30)29-15-5-7-20(29)16-28-13-3-4-14-28;3-2(4,5)1(6)7/h1-2,6,8-12,20H,3-5,7,13-17H2;(H,6,7)/t20-;/m0./s1. The van der Waals surface area contributed by atoms with E-state index in [1.807, 2.05) is 4.90 Å². The third-order valence-corrected chi connectivity index (χ3v) is 6.37. The highest BCUT2D eigenvalue weighted by molar-refractivity contribution is 5.94. The normalized spacial score (nSPS) is 18.2. The molecule has 2 aliphatic rings. The van der Waals surface area contributed by atoms with E-state index in [9.17, 15) is 31.1 Å². The molecule has 0 radical (unpaired) electrons. The van der Waals surface area contributed by atoms with Crippen LogP contribution in [0.3, 0.4) is 0 Å². The van der Waals surface area contributed by atoms with Gasteiger partial charge in [-0.1, -0.05) is 18.2 Å². The number of hydrogen-bond acceptors (Lipinski definition) is 4. The number of carboxylic acid groups (broad SMARTS) is 1. The second-order valence-electron chi connectivity index (χ2n) is 9.07. The summed E-state index contributed by atoms with van der Waals surface area (Å²) in [7, 11) is 0. The zero-order valence-corrected chi connectivity index (χ0v) is 20.4. The molecule has 2 heterocycles. The number of carboxylic acids is 1. The molecule has 0 aliphatic carbocycles. The van der Waals surface area contributed by atoms with E-state index in [2.05, 4.69) is 4.90 Å². The number of alkyl halides is 6. The van der Waals surface area contributed by atoms with Gasteiger partial charge in [-0.25, -0.2) is 4.79 Å². The molecule has 6 nitrogen and oxygen atoms in total. The molecule has 2 fully saturated rings. The van der Waals surface area contributed by atoms with Crippen LogP contribution in [0.15, 0.2) is 48.5 Å². The van der Waals surface area contributed by atoms with Gasteiger partial charge in [0.05, 0.1) is 5.56 Å². The summed E-state index contributed by atoms with van der Waals surface area (Å²) in [6, 6.07) is 12.3. The van der Waals surface area contributed by atoms with E-state index in [4.69, 9.17) is 14.6 Å². The van der Waals surface area contributed by atoms with Gasteiger partial charge in [-0.05, 0) is 69.1 Å². The maximum Gasteiger partial charge on any atom is 0.490 e. The van der Waals surface area contributed by atoms with Crippen molar-refractivity contribution in [3.63, 3.8) is 0 Å². The third kappa shape index (κ3) is 8.11. The number of amides is 1. The van der Waals surface area contributed by atoms with Crippen LogP contribution < -0.4 is 4.74 Å². The van der Waals surface area contributed by atoms with Crippen LogP contribution in [0.5, 0.6) is 5.75 Å². The first kappa shape index (κ1) is 29.3. The predicted octanol–water partition coefficient (Wildman–Crippen LogP) is 5.62. The molecular weight excluding hydrogens is 518 g/mol. The number of ether oxygens (including phenoxy) is 1. The first-order valence-corrected chi connectivity index (χ1v) is 12.1. The van der Waals surface area contributed by atoms with E-state index in [0.717, 1.165) is 45.1 Å². The van der Waals surface area contributed by atoms with Gasteiger partial charge in [-0.15, -0.1) is 0 Å². The fourth-order valence-electron chi connectivity index (χ4n) is 4.50. The summed E-state index contributed by atoms with van der Waals surface area (Å²) in [4.78, 5) is 26.3. The molecule has 1 N–H and O–H groups in total. The van der Waals surface area contributed by atoms with E-state index in [0.29, 0.717) is 11.3 Å². The summed E-state index contributed by atoms with van der Waals surface area (Å²) >= 11 is 0. The lowest BCUT2D eigenvalue weighted by Crippen LogP contribution is -2.42. The molecule has 0 bridgehead atoms. The molecule has 0 unspecified atom stereocenters. The Hall–Kier alpha value is -3.28. The Kier molecular flexibility index (Phi) is 9.64. The second-order valence-corrected chi connectivity index (χ2v) is 9.07. The molecule has 0 saturated carbocycles. The molecule has 1 atom stereocenters. The van der Waals surface area contributed by atoms with E-state index in [-0.39, 0.29) is 24.1 Å². The van der Waals surface area contributed by atoms with Crippen molar-refractivity contribution in [2.45, 2.75) is 50.7 Å². The van der Waals surface area contributed by atoms with Gasteiger partial charge in [0.2, 0.25) is 0 Å². The smallest absolute Gasteiger partial charge is 0.489 e. The number of benzene rings is 2. The number of hydrogen-bond donors (Lipinski definition) is 1. The lowest BCUT2D eigenvalue weighted by atomic mass is 10.1. The minimum Gasteiger partial charge on any atom is -0.489 e. The number of carbonyl (C=O) groups excluding carboxylic acids is 1. The number of aliphatic carboxylic acids is 1. The zero-order valence-electron chi connectivity index (χ0n) is 20.4. The number of carbonyl (C=O) groups is 2. The summed E-state index contributed by atoms with van der Waals surface area (Å²) in [5.41, 5.74) is -0.0341. The minimum absolute atomic E-state index is 0.00987. The van der Waals surface area contributed by atoms with Crippen molar-refractivity contribution >= 4 is 11.9 Å². The third-order valence-electron chi connectivity index (χ3n) is 6.37. The Morgan fingerprint density at radius 3 is 2.08 bits per heavy atom. The van der Waals surface area contributed by atoms with Gasteiger partial charge in [-0.3, -0.25) is 4.79 Å². The monoisotopic (exact) mass is 546 g/mol. The summed E-state index contributed by atoms with van der Waals surface area (Å²) in [5.74, 6) is -2.31. The fraction of sp³-hybridized carbons (Fsp3) is 0.462. The highest BCUT2D eigenvalue weighted by Gasteiger charge is 2.38. The first-order valence-electron chi connectivity index (χ1n) is 12.1. The summed E-state index contributed by atoms with van der Waals surface area (Å²) in [5, 5.41) is 7.12. The molecule has 1 amide bonds. The van der Waals surface area contributed by atoms with Crippen LogP contribution in [0, 0.1) is 0 Å². The van der Waals surface area contributed by atoms with Crippen LogP contribution >= 0.6 is 0 Å². The van der Waals surface area contributed by atoms with Crippen molar-refractivity contribution in [3.05, 3.63) is 65.2 Å². The van der Waals surface area contributed by atoms with Crippen LogP contribution in [0.2, 0.25) is 0 Å². The second kappa shape index (κ2) is 12.5. The summed E-state index contributed by atoms with van der Waals surface area (Å²) in [6.07, 6.45) is -4.99. The largest absolute Gasteiger partial charge is 0.490 e. The molecule has 2 aliphatic heterocycles. The van der Waals surface area contributed by atoms with Crippen LogP contribution in [-0.2, 0) is 17.6 Å². The van der Waals surface area contributed by atoms with Crippen molar-refractivity contribution in [3.8, 4) is 5.75 Å². The Morgan fingerprint density at radius 1 is 0.895 bits per heavy atom. The number of halogens is 6. The molecule has 208 valence electrons. The van der Waals surface area contributed by atoms with Crippen LogP contribution in [0.1, 0.15) is 47.2 Å². The minimum atomic E-state index is -5.08. The Balaban J connectivity index is 0.000000505. The summed E-state index contributed by atoms with van der Waals surface area (Å²) < 4.78 is 76.7. The van der Waals surface area contributed by atoms with Crippen LogP contribution in [0.4, 0.5) is 26.3 Å². The first-order chi connectivity index (χ1) is 17.9. The molecular formula is C26H28F6N2O4. The van der Waals surface area contributed by atoms with Gasteiger partial charge < -0.3 is 19.6 Å². The lowest BCUT2D eigenvalue weighted by molar-refractivity contribution is -0.192. The SMILES string of the molecule is O=C(O)C(F)(F)F.O=C(c1ccc(OCc2ccccc2C(F)(F)F)cc1)N1CCC[C@H]1CN1CCCC1. The topological polar surface area (TPSA) is 70.1 Å². The molecule has 2 saturated heterocycles. The van der Waals surface area contributed by atoms with Crippen molar-refractivity contribution in [2.75, 3.05) is 26.2 Å². The molecule has 12 heteroatoms. The van der Waals surface area contributed by atoms with Crippen LogP contribution in [0.25, 0.3) is 0 Å². The average Bonchev–Trinajstić information content (AvgIpc) is 3.55. The molecule has 4 rings (SSSR count). The average molecular weight is 547 g/mol. The number of likely N-dealkylation sites (tertiary alicyclic amines) is 2. The van der Waals surface area contributed by atoms with Gasteiger partial charge in [0.1, 0.15) is 12.4 Å². The lowest BCUT2D eigenvalue weighted by Gasteiger charge is -2.28. The highest BCUT2D eigenvalue weighted by Crippen LogP contribution is 2.32. The van der Waals surface area contributed by atoms with Crippen molar-refractivity contribution < 1.29 is 45.8 Å². The van der Waals surface area contributed by atoms with Crippen molar-refractivity contribution in [1.82, 2.24) is 9.80 Å². The number of rotatable bonds is 6. The molecule has 0 spiro atoms. The van der Waals surface area contributed by atoms with Crippen molar-refractivity contribution in [2.24, 2.45) is 0 Å². The van der Waals surface area contributed by atoms with Gasteiger partial charge in [0.25, 0.3) is 5.91 Å². The zero-order chi connectivity index (χ0) is 27.9. The fourth-order valence-corrected chi connectivity index (χ4v) is 4.50. The quantitative estimate of drug-likeness (QED) is 0.477. The Bertz CT molecular complexity index is 1080. The predicted molar refractivity (Wildman–Crippen MR) is 126 cm³/mol. The summed E-state index contributed by atoms with van der Waals surface area (Å²) in [6.45, 7) is 3.74.